The van der Waals surface area contributed by atoms with Crippen molar-refractivity contribution in [3.63, 3.8) is 0 Å². The molecule has 0 heterocycles. The Balaban J connectivity index is 2.39. The summed E-state index contributed by atoms with van der Waals surface area (Å²) in [5, 5.41) is 9.16. The van der Waals surface area contributed by atoms with Gasteiger partial charge >= 0.3 is 0 Å². The van der Waals surface area contributed by atoms with Gasteiger partial charge in [-0.2, -0.15) is 0 Å². The lowest BCUT2D eigenvalue weighted by molar-refractivity contribution is 0.0979. The van der Waals surface area contributed by atoms with E-state index in [1.807, 2.05) is 31.2 Å². The summed E-state index contributed by atoms with van der Waals surface area (Å²) in [6.45, 7) is 4.03. The summed E-state index contributed by atoms with van der Waals surface area (Å²) in [6.07, 6.45) is 8.05. The molecule has 3 nitrogen and oxygen atoms in total. The van der Waals surface area contributed by atoms with E-state index in [0.29, 0.717) is 6.42 Å². The number of nitrogens with two attached hydrogens (primary N) is 1. The van der Waals surface area contributed by atoms with Gasteiger partial charge in [-0.25, -0.2) is 0 Å². The lowest BCUT2D eigenvalue weighted by atomic mass is 9.94. The van der Waals surface area contributed by atoms with Crippen LogP contribution in [0.25, 0.3) is 0 Å². The van der Waals surface area contributed by atoms with Crippen molar-refractivity contribution in [2.45, 2.75) is 70.8 Å². The van der Waals surface area contributed by atoms with Gasteiger partial charge in [0.15, 0.2) is 5.78 Å². The van der Waals surface area contributed by atoms with E-state index in [1.54, 1.807) is 0 Å². The largest absolute Gasteiger partial charge is 0.394 e. The van der Waals surface area contributed by atoms with Crippen molar-refractivity contribution in [2.24, 2.45) is 5.73 Å². The fraction of sp³-hybridized carbons (Fsp3) is 0.632. The number of aryl methyl sites for hydroxylation is 1. The van der Waals surface area contributed by atoms with Crippen molar-refractivity contribution in [3.05, 3.63) is 35.4 Å². The third-order valence-corrected chi connectivity index (χ3v) is 4.13. The fourth-order valence-corrected chi connectivity index (χ4v) is 2.40. The number of Topliss-reactive ketones (excluding diaryl/α,β-unsaturated/α-hetero) is 1. The minimum atomic E-state index is -0.535. The smallest absolute Gasteiger partial charge is 0.162 e. The van der Waals surface area contributed by atoms with E-state index in [-0.39, 0.29) is 12.4 Å². The number of carbonyl (C=O) groups excluding carboxylic acids is 1. The van der Waals surface area contributed by atoms with Crippen molar-refractivity contribution >= 4 is 5.78 Å². The number of carbonyl (C=O) groups is 1. The summed E-state index contributed by atoms with van der Waals surface area (Å²) in [4.78, 5) is 12.1. The van der Waals surface area contributed by atoms with E-state index in [9.17, 15) is 4.79 Å². The molecule has 0 aliphatic rings. The first-order chi connectivity index (χ1) is 10.5. The Morgan fingerprint density at radius 3 is 2.36 bits per heavy atom. The molecule has 0 aliphatic carbocycles. The summed E-state index contributed by atoms with van der Waals surface area (Å²) in [6, 6.07) is 7.82. The molecule has 1 rings (SSSR count). The number of hydrogen-bond donors (Lipinski definition) is 2. The number of aliphatic hydroxyl groups excluding tert-OH is 1. The molecule has 0 fully saturated rings. The average molecular weight is 305 g/mol. The van der Waals surface area contributed by atoms with Crippen LogP contribution in [0, 0.1) is 0 Å². The topological polar surface area (TPSA) is 63.3 Å². The van der Waals surface area contributed by atoms with Crippen molar-refractivity contribution < 1.29 is 9.90 Å². The van der Waals surface area contributed by atoms with Crippen molar-refractivity contribution in [2.75, 3.05) is 6.61 Å². The van der Waals surface area contributed by atoms with Crippen LogP contribution in [0.5, 0.6) is 0 Å². The zero-order valence-electron chi connectivity index (χ0n) is 14.1. The van der Waals surface area contributed by atoms with Gasteiger partial charge in [-0.1, -0.05) is 56.9 Å². The molecule has 0 aliphatic heterocycles. The molecule has 0 radical (unpaired) electrons. The first kappa shape index (κ1) is 18.9. The van der Waals surface area contributed by atoms with Crippen LogP contribution in [-0.4, -0.2) is 23.0 Å². The van der Waals surface area contributed by atoms with Crippen LogP contribution in [0.2, 0.25) is 0 Å². The van der Waals surface area contributed by atoms with Crippen molar-refractivity contribution in [3.8, 4) is 0 Å². The van der Waals surface area contributed by atoms with Gasteiger partial charge in [0, 0.05) is 17.5 Å². The number of hydrogen-bond acceptors (Lipinski definition) is 3. The van der Waals surface area contributed by atoms with Crippen LogP contribution in [-0.2, 0) is 6.42 Å². The molecule has 1 aromatic carbocycles. The highest BCUT2D eigenvalue weighted by Gasteiger charge is 2.16. The number of aliphatic hydroxyl groups is 1. The second-order valence-corrected chi connectivity index (χ2v) is 6.60. The standard InChI is InChI=1S/C19H31NO2/c1-3-4-5-6-7-8-18(22)17-11-9-16(10-12-17)13-14-19(2,20)15-21/h9-12,21H,3-8,13-15,20H2,1-2H3. The van der Waals surface area contributed by atoms with Gasteiger partial charge in [-0.05, 0) is 31.7 Å². The first-order valence-electron chi connectivity index (χ1n) is 8.50. The highest BCUT2D eigenvalue weighted by atomic mass is 16.3. The first-order valence-corrected chi connectivity index (χ1v) is 8.50. The highest BCUT2D eigenvalue weighted by molar-refractivity contribution is 5.96. The van der Waals surface area contributed by atoms with Gasteiger partial charge < -0.3 is 10.8 Å². The van der Waals surface area contributed by atoms with Gasteiger partial charge in [-0.15, -0.1) is 0 Å². The maximum Gasteiger partial charge on any atom is 0.162 e. The Hall–Kier alpha value is -1.19. The SMILES string of the molecule is CCCCCCCC(=O)c1ccc(CCC(C)(N)CO)cc1. The predicted molar refractivity (Wildman–Crippen MR) is 92.1 cm³/mol. The van der Waals surface area contributed by atoms with Gasteiger partial charge in [0.05, 0.1) is 6.61 Å². The van der Waals surface area contributed by atoms with Crippen molar-refractivity contribution in [1.82, 2.24) is 0 Å². The zero-order valence-corrected chi connectivity index (χ0v) is 14.1. The summed E-state index contributed by atoms with van der Waals surface area (Å²) < 4.78 is 0. The van der Waals surface area contributed by atoms with Crippen molar-refractivity contribution in [1.29, 1.82) is 0 Å². The Morgan fingerprint density at radius 2 is 1.77 bits per heavy atom. The van der Waals surface area contributed by atoms with E-state index in [0.717, 1.165) is 36.8 Å². The molecule has 1 aromatic rings. The molecule has 0 saturated heterocycles. The number of rotatable bonds is 11. The molecule has 124 valence electrons. The highest BCUT2D eigenvalue weighted by Crippen LogP contribution is 2.14. The van der Waals surface area contributed by atoms with E-state index in [1.165, 1.54) is 19.3 Å². The summed E-state index contributed by atoms with van der Waals surface area (Å²) in [5.74, 6) is 0.238. The summed E-state index contributed by atoms with van der Waals surface area (Å²) in [7, 11) is 0. The normalized spacial score (nSPS) is 13.8. The van der Waals surface area contributed by atoms with Gasteiger partial charge in [0.25, 0.3) is 0 Å². The Labute approximate surface area is 134 Å². The average Bonchev–Trinajstić information content (AvgIpc) is 2.53. The van der Waals surface area contributed by atoms with E-state index >= 15 is 0 Å². The van der Waals surface area contributed by atoms with Crippen LogP contribution >= 0.6 is 0 Å². The second kappa shape index (κ2) is 9.75. The number of unbranched alkanes of at least 4 members (excludes halogenated alkanes) is 4. The van der Waals surface area contributed by atoms with E-state index in [2.05, 4.69) is 6.92 Å². The maximum atomic E-state index is 12.1. The van der Waals surface area contributed by atoms with Gasteiger partial charge in [0.2, 0.25) is 0 Å². The van der Waals surface area contributed by atoms with Crippen LogP contribution < -0.4 is 5.73 Å². The Morgan fingerprint density at radius 1 is 1.14 bits per heavy atom. The molecule has 1 atom stereocenters. The van der Waals surface area contributed by atoms with Crippen LogP contribution in [0.1, 0.15) is 74.7 Å². The van der Waals surface area contributed by atoms with Gasteiger partial charge in [-0.3, -0.25) is 4.79 Å². The minimum Gasteiger partial charge on any atom is -0.394 e. The number of ketones is 1. The molecule has 1 unspecified atom stereocenters. The molecule has 3 heteroatoms. The summed E-state index contributed by atoms with van der Waals surface area (Å²) >= 11 is 0. The minimum absolute atomic E-state index is 0.0123. The molecule has 0 aromatic heterocycles. The predicted octanol–water partition coefficient (Wildman–Crippen LogP) is 3.87. The van der Waals surface area contributed by atoms with Gasteiger partial charge in [0.1, 0.15) is 0 Å². The molecule has 0 bridgehead atoms. The molecular formula is C19H31NO2. The monoisotopic (exact) mass is 305 g/mol. The summed E-state index contributed by atoms with van der Waals surface area (Å²) in [5.41, 5.74) is 7.35. The van der Waals surface area contributed by atoms with Crippen LogP contribution in [0.3, 0.4) is 0 Å². The molecule has 0 spiro atoms. The van der Waals surface area contributed by atoms with Crippen LogP contribution in [0.15, 0.2) is 24.3 Å². The fourth-order valence-electron chi connectivity index (χ4n) is 2.40. The number of benzene rings is 1. The zero-order chi connectivity index (χ0) is 16.4. The Bertz CT molecular complexity index is 437. The molecular weight excluding hydrogens is 274 g/mol. The lowest BCUT2D eigenvalue weighted by Crippen LogP contribution is -2.40. The maximum absolute atomic E-state index is 12.1. The quantitative estimate of drug-likeness (QED) is 0.482. The molecule has 22 heavy (non-hydrogen) atoms. The third-order valence-electron chi connectivity index (χ3n) is 4.13. The molecule has 3 N–H and O–H groups in total. The van der Waals surface area contributed by atoms with E-state index < -0.39 is 5.54 Å². The third kappa shape index (κ3) is 7.19. The van der Waals surface area contributed by atoms with Crippen LogP contribution in [0.4, 0.5) is 0 Å². The Kier molecular flexibility index (Phi) is 8.36. The second-order valence-electron chi connectivity index (χ2n) is 6.60. The lowest BCUT2D eigenvalue weighted by Gasteiger charge is -2.21. The van der Waals surface area contributed by atoms with E-state index in [4.69, 9.17) is 10.8 Å². The molecule has 0 amide bonds. The molecule has 0 saturated carbocycles.